The maximum absolute atomic E-state index is 12.9. The maximum atomic E-state index is 12.9. The van der Waals surface area contributed by atoms with Gasteiger partial charge in [-0.2, -0.15) is 8.42 Å². The molecule has 0 aromatic heterocycles. The molecule has 0 spiro atoms. The summed E-state index contributed by atoms with van der Waals surface area (Å²) >= 11 is 17.3. The van der Waals surface area contributed by atoms with Crippen molar-refractivity contribution in [1.82, 2.24) is 0 Å². The zero-order valence-electron chi connectivity index (χ0n) is 9.61. The second kappa shape index (κ2) is 5.77. The molecule has 0 heterocycles. The van der Waals surface area contributed by atoms with Gasteiger partial charge in [0.2, 0.25) is 0 Å². The highest BCUT2D eigenvalue weighted by atomic mass is 35.5. The van der Waals surface area contributed by atoms with E-state index in [0.717, 1.165) is 18.2 Å². The lowest BCUT2D eigenvalue weighted by Crippen LogP contribution is -2.11. The smallest absolute Gasteiger partial charge is 0.342 e. The minimum absolute atomic E-state index is 0.0873. The molecule has 0 saturated carbocycles. The molecule has 0 fully saturated rings. The van der Waals surface area contributed by atoms with Gasteiger partial charge in [-0.3, -0.25) is 0 Å². The molecule has 0 saturated heterocycles. The van der Waals surface area contributed by atoms with Gasteiger partial charge in [0.25, 0.3) is 0 Å². The summed E-state index contributed by atoms with van der Waals surface area (Å²) < 4.78 is 42.0. The lowest BCUT2D eigenvalue weighted by atomic mass is 10.3. The molecule has 0 radical (unpaired) electrons. The second-order valence-corrected chi connectivity index (χ2v) is 6.37. The fourth-order valence-corrected chi connectivity index (χ4v) is 3.72. The first kappa shape index (κ1) is 15.4. The van der Waals surface area contributed by atoms with Gasteiger partial charge in [0.05, 0.1) is 15.1 Å². The number of rotatable bonds is 3. The van der Waals surface area contributed by atoms with Gasteiger partial charge >= 0.3 is 10.1 Å². The van der Waals surface area contributed by atoms with Crippen molar-refractivity contribution >= 4 is 44.9 Å². The Morgan fingerprint density at radius 3 is 2.10 bits per heavy atom. The molecule has 0 atom stereocenters. The molecule has 0 amide bonds. The molecule has 20 heavy (non-hydrogen) atoms. The first-order valence-electron chi connectivity index (χ1n) is 5.15. The second-order valence-electron chi connectivity index (χ2n) is 3.66. The van der Waals surface area contributed by atoms with Crippen molar-refractivity contribution in [3.05, 3.63) is 57.3 Å². The maximum Gasteiger partial charge on any atom is 0.342 e. The molecular weight excluding hydrogens is 350 g/mol. The normalized spacial score (nSPS) is 11.4. The number of halogens is 4. The monoisotopic (exact) mass is 354 g/mol. The van der Waals surface area contributed by atoms with Crippen molar-refractivity contribution in [2.75, 3.05) is 0 Å². The van der Waals surface area contributed by atoms with Crippen LogP contribution in [0.5, 0.6) is 5.75 Å². The van der Waals surface area contributed by atoms with Gasteiger partial charge in [0.15, 0.2) is 5.75 Å². The minimum Gasteiger partial charge on any atom is -0.377 e. The van der Waals surface area contributed by atoms with E-state index in [9.17, 15) is 12.8 Å². The molecule has 2 rings (SSSR count). The van der Waals surface area contributed by atoms with Crippen molar-refractivity contribution in [2.24, 2.45) is 0 Å². The molecule has 2 aromatic rings. The molecule has 0 unspecified atom stereocenters. The van der Waals surface area contributed by atoms with E-state index in [-0.39, 0.29) is 25.7 Å². The van der Waals surface area contributed by atoms with Crippen LogP contribution in [0.1, 0.15) is 0 Å². The van der Waals surface area contributed by atoms with Crippen molar-refractivity contribution in [1.29, 1.82) is 0 Å². The van der Waals surface area contributed by atoms with Crippen molar-refractivity contribution in [2.45, 2.75) is 4.90 Å². The lowest BCUT2D eigenvalue weighted by Gasteiger charge is -2.10. The predicted octanol–water partition coefficient (Wildman–Crippen LogP) is 4.55. The SMILES string of the molecule is O=S(=O)(Oc1ccc(F)cc1Cl)c1c(Cl)cccc1Cl. The van der Waals surface area contributed by atoms with Gasteiger partial charge in [0, 0.05) is 0 Å². The summed E-state index contributed by atoms with van der Waals surface area (Å²) in [7, 11) is -4.28. The zero-order chi connectivity index (χ0) is 14.9. The van der Waals surface area contributed by atoms with Crippen LogP contribution in [0.15, 0.2) is 41.3 Å². The predicted molar refractivity (Wildman–Crippen MR) is 75.7 cm³/mol. The van der Waals surface area contributed by atoms with Crippen LogP contribution in [0, 0.1) is 5.82 Å². The summed E-state index contributed by atoms with van der Waals surface area (Å²) in [4.78, 5) is -0.372. The molecule has 0 N–H and O–H groups in total. The number of benzene rings is 2. The van der Waals surface area contributed by atoms with Crippen LogP contribution in [0.25, 0.3) is 0 Å². The molecule has 2 aromatic carbocycles. The van der Waals surface area contributed by atoms with Crippen molar-refractivity contribution in [3.63, 3.8) is 0 Å². The van der Waals surface area contributed by atoms with Crippen molar-refractivity contribution < 1.29 is 17.0 Å². The summed E-state index contributed by atoms with van der Waals surface area (Å²) in [5.74, 6) is -0.834. The Kier molecular flexibility index (Phi) is 4.44. The van der Waals surface area contributed by atoms with E-state index in [4.69, 9.17) is 39.0 Å². The number of hydrogen-bond acceptors (Lipinski definition) is 3. The third kappa shape index (κ3) is 3.17. The van der Waals surface area contributed by atoms with Gasteiger partial charge in [-0.25, -0.2) is 4.39 Å². The highest BCUT2D eigenvalue weighted by molar-refractivity contribution is 7.87. The van der Waals surface area contributed by atoms with Crippen molar-refractivity contribution in [3.8, 4) is 5.75 Å². The quantitative estimate of drug-likeness (QED) is 0.758. The third-order valence-corrected chi connectivity index (χ3v) is 4.75. The van der Waals surface area contributed by atoms with Crippen LogP contribution in [0.3, 0.4) is 0 Å². The summed E-state index contributed by atoms with van der Waals surface area (Å²) in [6.07, 6.45) is 0. The van der Waals surface area contributed by atoms with Gasteiger partial charge in [-0.15, -0.1) is 0 Å². The molecule has 106 valence electrons. The van der Waals surface area contributed by atoms with E-state index >= 15 is 0 Å². The van der Waals surface area contributed by atoms with E-state index < -0.39 is 15.9 Å². The molecule has 0 aliphatic carbocycles. The van der Waals surface area contributed by atoms with Gasteiger partial charge < -0.3 is 4.18 Å². The Hall–Kier alpha value is -1.01. The summed E-state index contributed by atoms with van der Waals surface area (Å²) in [6, 6.07) is 7.26. The van der Waals surface area contributed by atoms with E-state index in [0.29, 0.717) is 0 Å². The molecule has 3 nitrogen and oxygen atoms in total. The first-order chi connectivity index (χ1) is 9.31. The van der Waals surface area contributed by atoms with E-state index in [1.165, 1.54) is 18.2 Å². The van der Waals surface area contributed by atoms with Gasteiger partial charge in [-0.1, -0.05) is 40.9 Å². The average molecular weight is 356 g/mol. The third-order valence-electron chi connectivity index (χ3n) is 2.26. The zero-order valence-corrected chi connectivity index (χ0v) is 12.7. The summed E-state index contributed by atoms with van der Waals surface area (Å²) in [5.41, 5.74) is 0. The number of hydrogen-bond donors (Lipinski definition) is 0. The molecule has 0 bridgehead atoms. The molecule has 8 heteroatoms. The standard InChI is InChI=1S/C12H6Cl3FO3S/c13-8-2-1-3-9(14)12(8)20(17,18)19-11-5-4-7(16)6-10(11)15/h1-6H. The Balaban J connectivity index is 2.46. The summed E-state index contributed by atoms with van der Waals surface area (Å²) in [5, 5.41) is -0.358. The van der Waals surface area contributed by atoms with Gasteiger partial charge in [0.1, 0.15) is 10.7 Å². The van der Waals surface area contributed by atoms with Crippen LogP contribution < -0.4 is 4.18 Å². The highest BCUT2D eigenvalue weighted by Crippen LogP contribution is 2.33. The van der Waals surface area contributed by atoms with Gasteiger partial charge in [-0.05, 0) is 30.3 Å². The Labute approximate surface area is 130 Å². The Morgan fingerprint density at radius 1 is 0.950 bits per heavy atom. The minimum atomic E-state index is -4.28. The van der Waals surface area contributed by atoms with Crippen LogP contribution >= 0.6 is 34.8 Å². The fraction of sp³-hybridized carbons (Fsp3) is 0. The largest absolute Gasteiger partial charge is 0.377 e. The van der Waals surface area contributed by atoms with E-state index in [2.05, 4.69) is 0 Å². The van der Waals surface area contributed by atoms with Crippen LogP contribution in [0.2, 0.25) is 15.1 Å². The molecular formula is C12H6Cl3FO3S. The Morgan fingerprint density at radius 2 is 1.55 bits per heavy atom. The fourth-order valence-electron chi connectivity index (χ4n) is 1.42. The molecule has 0 aliphatic rings. The first-order valence-corrected chi connectivity index (χ1v) is 7.69. The van der Waals surface area contributed by atoms with Crippen LogP contribution in [-0.2, 0) is 10.1 Å². The van der Waals surface area contributed by atoms with Crippen LogP contribution in [-0.4, -0.2) is 8.42 Å². The van der Waals surface area contributed by atoms with E-state index in [1.54, 1.807) is 0 Å². The summed E-state index contributed by atoms with van der Waals surface area (Å²) in [6.45, 7) is 0. The molecule has 0 aliphatic heterocycles. The topological polar surface area (TPSA) is 43.4 Å². The Bertz CT molecular complexity index is 742. The lowest BCUT2D eigenvalue weighted by molar-refractivity contribution is 0.485. The average Bonchev–Trinajstić information content (AvgIpc) is 2.32. The van der Waals surface area contributed by atoms with E-state index in [1.807, 2.05) is 0 Å². The van der Waals surface area contributed by atoms with Crippen LogP contribution in [0.4, 0.5) is 4.39 Å². The highest BCUT2D eigenvalue weighted by Gasteiger charge is 2.24.